The third-order valence-electron chi connectivity index (χ3n) is 2.32. The first-order chi connectivity index (χ1) is 8.56. The summed E-state index contributed by atoms with van der Waals surface area (Å²) in [5.41, 5.74) is -0.483. The average molecular weight is 258 g/mol. The number of benzene rings is 1. The molecule has 2 N–H and O–H groups in total. The fourth-order valence-electron chi connectivity index (χ4n) is 1.49. The maximum Gasteiger partial charge on any atom is 0.327 e. The Morgan fingerprint density at radius 2 is 2.33 bits per heavy atom. The van der Waals surface area contributed by atoms with E-state index in [1.165, 1.54) is 19.2 Å². The van der Waals surface area contributed by atoms with E-state index in [1.807, 2.05) is 0 Å². The summed E-state index contributed by atoms with van der Waals surface area (Å²) in [4.78, 5) is 9.92. The van der Waals surface area contributed by atoms with Crippen LogP contribution in [0.4, 0.5) is 15.8 Å². The SMILES string of the molecule is COCC(O)CCNc1cccc(F)c1[N+](=O)[O-]. The minimum atomic E-state index is -0.887. The summed E-state index contributed by atoms with van der Waals surface area (Å²) >= 11 is 0. The third-order valence-corrected chi connectivity index (χ3v) is 2.32. The monoisotopic (exact) mass is 258 g/mol. The molecule has 0 aromatic heterocycles. The number of nitro groups is 1. The van der Waals surface area contributed by atoms with E-state index in [-0.39, 0.29) is 18.8 Å². The molecule has 1 rings (SSSR count). The van der Waals surface area contributed by atoms with Crippen LogP contribution < -0.4 is 5.32 Å². The second kappa shape index (κ2) is 6.87. The fraction of sp³-hybridized carbons (Fsp3) is 0.455. The second-order valence-corrected chi connectivity index (χ2v) is 3.72. The molecule has 0 aliphatic rings. The van der Waals surface area contributed by atoms with Gasteiger partial charge in [0.1, 0.15) is 5.69 Å². The second-order valence-electron chi connectivity index (χ2n) is 3.72. The van der Waals surface area contributed by atoms with Crippen molar-refractivity contribution < 1.29 is 19.2 Å². The Kier molecular flexibility index (Phi) is 5.47. The van der Waals surface area contributed by atoms with Gasteiger partial charge in [-0.05, 0) is 18.6 Å². The molecule has 0 heterocycles. The molecule has 1 unspecified atom stereocenters. The zero-order valence-corrected chi connectivity index (χ0v) is 9.93. The minimum Gasteiger partial charge on any atom is -0.391 e. The van der Waals surface area contributed by atoms with Crippen molar-refractivity contribution in [1.29, 1.82) is 0 Å². The van der Waals surface area contributed by atoms with Crippen LogP contribution >= 0.6 is 0 Å². The number of nitrogens with one attached hydrogen (secondary N) is 1. The summed E-state index contributed by atoms with van der Waals surface area (Å²) < 4.78 is 18.0. The summed E-state index contributed by atoms with van der Waals surface area (Å²) in [7, 11) is 1.47. The number of nitro benzene ring substituents is 1. The van der Waals surface area contributed by atoms with Crippen LogP contribution in [0, 0.1) is 15.9 Å². The van der Waals surface area contributed by atoms with Crippen LogP contribution in [0.25, 0.3) is 0 Å². The fourth-order valence-corrected chi connectivity index (χ4v) is 1.49. The molecule has 7 heteroatoms. The summed E-state index contributed by atoms with van der Waals surface area (Å²) in [5.74, 6) is -0.887. The van der Waals surface area contributed by atoms with E-state index in [1.54, 1.807) is 0 Å². The highest BCUT2D eigenvalue weighted by molar-refractivity contribution is 5.61. The molecule has 0 fully saturated rings. The number of aliphatic hydroxyl groups is 1. The molecule has 6 nitrogen and oxygen atoms in total. The number of aliphatic hydroxyl groups excluding tert-OH is 1. The van der Waals surface area contributed by atoms with Gasteiger partial charge in [0.2, 0.25) is 5.82 Å². The number of methoxy groups -OCH3 is 1. The Bertz CT molecular complexity index is 414. The lowest BCUT2D eigenvalue weighted by Crippen LogP contribution is -2.18. The zero-order chi connectivity index (χ0) is 13.5. The average Bonchev–Trinajstić information content (AvgIpc) is 2.28. The molecular formula is C11H15FN2O4. The third kappa shape index (κ3) is 3.94. The lowest BCUT2D eigenvalue weighted by atomic mass is 10.2. The van der Waals surface area contributed by atoms with Gasteiger partial charge in [0.05, 0.1) is 17.6 Å². The highest BCUT2D eigenvalue weighted by Gasteiger charge is 2.19. The molecule has 0 radical (unpaired) electrons. The lowest BCUT2D eigenvalue weighted by Gasteiger charge is -2.11. The van der Waals surface area contributed by atoms with Crippen molar-refractivity contribution in [2.24, 2.45) is 0 Å². The summed E-state index contributed by atoms with van der Waals surface area (Å²) in [5, 5.41) is 22.8. The quantitative estimate of drug-likeness (QED) is 0.572. The molecule has 100 valence electrons. The molecule has 0 saturated heterocycles. The van der Waals surface area contributed by atoms with E-state index in [9.17, 15) is 19.6 Å². The van der Waals surface area contributed by atoms with Crippen LogP contribution in [0.3, 0.4) is 0 Å². The van der Waals surface area contributed by atoms with Gasteiger partial charge < -0.3 is 15.2 Å². The van der Waals surface area contributed by atoms with Crippen molar-refractivity contribution in [2.45, 2.75) is 12.5 Å². The standard InChI is InChI=1S/C11H15FN2O4/c1-18-7-8(15)5-6-13-10-4-2-3-9(12)11(10)14(16)17/h2-4,8,13,15H,5-7H2,1H3. The molecule has 18 heavy (non-hydrogen) atoms. The van der Waals surface area contributed by atoms with Crippen LogP contribution in [0.1, 0.15) is 6.42 Å². The number of para-hydroxylation sites is 1. The highest BCUT2D eigenvalue weighted by atomic mass is 19.1. The van der Waals surface area contributed by atoms with Crippen molar-refractivity contribution >= 4 is 11.4 Å². The first kappa shape index (κ1) is 14.3. The Balaban J connectivity index is 2.62. The van der Waals surface area contributed by atoms with Gasteiger partial charge in [-0.3, -0.25) is 10.1 Å². The summed E-state index contributed by atoms with van der Waals surface area (Å²) in [6, 6.07) is 3.84. The van der Waals surface area contributed by atoms with Crippen molar-refractivity contribution in [2.75, 3.05) is 25.6 Å². The van der Waals surface area contributed by atoms with Crippen LogP contribution in [-0.2, 0) is 4.74 Å². The predicted octanol–water partition coefficient (Wildman–Crippen LogP) is 1.54. The van der Waals surface area contributed by atoms with Crippen molar-refractivity contribution in [3.05, 3.63) is 34.1 Å². The topological polar surface area (TPSA) is 84.6 Å². The first-order valence-electron chi connectivity index (χ1n) is 5.40. The Labute approximate surface area is 104 Å². The van der Waals surface area contributed by atoms with E-state index < -0.39 is 22.5 Å². The normalized spacial score (nSPS) is 12.2. The van der Waals surface area contributed by atoms with Crippen LogP contribution in [0.2, 0.25) is 0 Å². The maximum absolute atomic E-state index is 13.3. The Morgan fingerprint density at radius 3 is 2.94 bits per heavy atom. The van der Waals surface area contributed by atoms with Crippen LogP contribution in [0.15, 0.2) is 18.2 Å². The molecule has 1 aromatic carbocycles. The largest absolute Gasteiger partial charge is 0.391 e. The molecular weight excluding hydrogens is 243 g/mol. The zero-order valence-electron chi connectivity index (χ0n) is 9.93. The van der Waals surface area contributed by atoms with Crippen molar-refractivity contribution in [1.82, 2.24) is 0 Å². The smallest absolute Gasteiger partial charge is 0.327 e. The van der Waals surface area contributed by atoms with Crippen LogP contribution in [-0.4, -0.2) is 36.4 Å². The molecule has 0 saturated carbocycles. The molecule has 0 aliphatic carbocycles. The van der Waals surface area contributed by atoms with E-state index in [0.717, 1.165) is 6.07 Å². The molecule has 0 bridgehead atoms. The molecule has 0 amide bonds. The van der Waals surface area contributed by atoms with Gasteiger partial charge in [-0.25, -0.2) is 0 Å². The number of hydrogen-bond donors (Lipinski definition) is 2. The summed E-state index contributed by atoms with van der Waals surface area (Å²) in [6.45, 7) is 0.474. The maximum atomic E-state index is 13.3. The Morgan fingerprint density at radius 1 is 1.61 bits per heavy atom. The number of halogens is 1. The van der Waals surface area contributed by atoms with E-state index in [0.29, 0.717) is 6.42 Å². The van der Waals surface area contributed by atoms with Gasteiger partial charge in [0.25, 0.3) is 0 Å². The number of anilines is 1. The van der Waals surface area contributed by atoms with Crippen molar-refractivity contribution in [3.8, 4) is 0 Å². The minimum absolute atomic E-state index is 0.101. The molecule has 1 aromatic rings. The molecule has 0 aliphatic heterocycles. The van der Waals surface area contributed by atoms with Gasteiger partial charge in [0, 0.05) is 13.7 Å². The highest BCUT2D eigenvalue weighted by Crippen LogP contribution is 2.26. The van der Waals surface area contributed by atoms with E-state index in [2.05, 4.69) is 5.32 Å². The van der Waals surface area contributed by atoms with Gasteiger partial charge in [-0.15, -0.1) is 0 Å². The van der Waals surface area contributed by atoms with Crippen LogP contribution in [0.5, 0.6) is 0 Å². The molecule has 1 atom stereocenters. The Hall–Kier alpha value is -1.73. The number of hydrogen-bond acceptors (Lipinski definition) is 5. The molecule has 0 spiro atoms. The predicted molar refractivity (Wildman–Crippen MR) is 64.0 cm³/mol. The first-order valence-corrected chi connectivity index (χ1v) is 5.40. The lowest BCUT2D eigenvalue weighted by molar-refractivity contribution is -0.386. The van der Waals surface area contributed by atoms with Gasteiger partial charge in [-0.1, -0.05) is 6.07 Å². The number of rotatable bonds is 7. The van der Waals surface area contributed by atoms with Gasteiger partial charge in [0.15, 0.2) is 0 Å². The van der Waals surface area contributed by atoms with Gasteiger partial charge >= 0.3 is 5.69 Å². The van der Waals surface area contributed by atoms with Crippen molar-refractivity contribution in [3.63, 3.8) is 0 Å². The summed E-state index contributed by atoms with van der Waals surface area (Å²) in [6.07, 6.45) is -0.309. The number of ether oxygens (including phenoxy) is 1. The van der Waals surface area contributed by atoms with E-state index in [4.69, 9.17) is 4.74 Å². The van der Waals surface area contributed by atoms with E-state index >= 15 is 0 Å². The van der Waals surface area contributed by atoms with Gasteiger partial charge in [-0.2, -0.15) is 4.39 Å². The number of nitrogens with zero attached hydrogens (tertiary/aromatic N) is 1.